The molecule has 0 aromatic carbocycles. The van der Waals surface area contributed by atoms with Crippen molar-refractivity contribution in [3.8, 4) is 0 Å². The van der Waals surface area contributed by atoms with Crippen molar-refractivity contribution in [2.75, 3.05) is 19.6 Å². The van der Waals surface area contributed by atoms with Crippen LogP contribution in [0, 0.1) is 13.8 Å². The molecule has 1 aliphatic rings. The quantitative estimate of drug-likeness (QED) is 0.867. The highest BCUT2D eigenvalue weighted by molar-refractivity contribution is 5.12. The van der Waals surface area contributed by atoms with E-state index in [4.69, 9.17) is 4.74 Å². The number of morpholine rings is 1. The van der Waals surface area contributed by atoms with Crippen LogP contribution in [0.1, 0.15) is 25.1 Å². The Balaban J connectivity index is 1.97. The van der Waals surface area contributed by atoms with Crippen molar-refractivity contribution in [1.82, 2.24) is 14.5 Å². The Kier molecular flexibility index (Phi) is 5.13. The van der Waals surface area contributed by atoms with Gasteiger partial charge in [0.25, 0.3) is 5.56 Å². The van der Waals surface area contributed by atoms with Gasteiger partial charge in [-0.1, -0.05) is 0 Å². The predicted octanol–water partition coefficient (Wildman–Crippen LogP) is 0.330. The minimum Gasteiger partial charge on any atom is -0.390 e. The van der Waals surface area contributed by atoms with E-state index in [1.54, 1.807) is 6.92 Å². The summed E-state index contributed by atoms with van der Waals surface area (Å²) in [6.07, 6.45) is 1.27. The third kappa shape index (κ3) is 4.12. The van der Waals surface area contributed by atoms with E-state index in [1.807, 2.05) is 20.8 Å². The van der Waals surface area contributed by atoms with Crippen LogP contribution in [-0.4, -0.2) is 57.5 Å². The lowest BCUT2D eigenvalue weighted by Gasteiger charge is -2.36. The number of rotatable bonds is 4. The number of aromatic nitrogens is 2. The monoisotopic (exact) mass is 295 g/mol. The van der Waals surface area contributed by atoms with Crippen molar-refractivity contribution in [3.63, 3.8) is 0 Å². The Hall–Kier alpha value is -1.24. The fourth-order valence-electron chi connectivity index (χ4n) is 2.82. The molecule has 0 amide bonds. The molecule has 1 N–H and O–H groups in total. The first-order valence-corrected chi connectivity index (χ1v) is 7.45. The second-order valence-electron chi connectivity index (χ2n) is 6.04. The fraction of sp³-hybridized carbons (Fsp3) is 0.733. The molecule has 21 heavy (non-hydrogen) atoms. The lowest BCUT2D eigenvalue weighted by Crippen LogP contribution is -2.48. The Morgan fingerprint density at radius 2 is 1.95 bits per heavy atom. The van der Waals surface area contributed by atoms with E-state index in [0.29, 0.717) is 12.1 Å². The van der Waals surface area contributed by atoms with Gasteiger partial charge in [0.05, 0.1) is 31.2 Å². The average molecular weight is 295 g/mol. The summed E-state index contributed by atoms with van der Waals surface area (Å²) in [6.45, 7) is 10.1. The lowest BCUT2D eigenvalue weighted by molar-refractivity contribution is -0.0773. The molecule has 0 radical (unpaired) electrons. The van der Waals surface area contributed by atoms with Crippen LogP contribution in [0.25, 0.3) is 0 Å². The predicted molar refractivity (Wildman–Crippen MR) is 80.4 cm³/mol. The van der Waals surface area contributed by atoms with Gasteiger partial charge in [-0.05, 0) is 27.7 Å². The molecule has 6 nitrogen and oxygen atoms in total. The smallest absolute Gasteiger partial charge is 0.256 e. The van der Waals surface area contributed by atoms with Gasteiger partial charge < -0.3 is 9.84 Å². The highest BCUT2D eigenvalue weighted by atomic mass is 16.5. The average Bonchev–Trinajstić information content (AvgIpc) is 2.38. The van der Waals surface area contributed by atoms with Crippen molar-refractivity contribution in [2.45, 2.75) is 52.6 Å². The van der Waals surface area contributed by atoms with Gasteiger partial charge in [0.2, 0.25) is 0 Å². The second kappa shape index (κ2) is 6.68. The molecular formula is C15H25N3O3. The molecule has 2 rings (SSSR count). The van der Waals surface area contributed by atoms with Crippen LogP contribution >= 0.6 is 0 Å². The first-order chi connectivity index (χ1) is 9.86. The van der Waals surface area contributed by atoms with E-state index >= 15 is 0 Å². The molecule has 1 aromatic heterocycles. The number of hydrogen-bond acceptors (Lipinski definition) is 5. The molecule has 3 unspecified atom stereocenters. The van der Waals surface area contributed by atoms with Gasteiger partial charge in [0.1, 0.15) is 0 Å². The highest BCUT2D eigenvalue weighted by Crippen LogP contribution is 2.11. The number of aliphatic hydroxyl groups excluding tert-OH is 1. The van der Waals surface area contributed by atoms with Gasteiger partial charge in [0.15, 0.2) is 0 Å². The van der Waals surface area contributed by atoms with Crippen LogP contribution < -0.4 is 5.56 Å². The highest BCUT2D eigenvalue weighted by Gasteiger charge is 2.24. The topological polar surface area (TPSA) is 67.6 Å². The SMILES string of the molecule is Cc1ncn(CC(O)CN2CC(C)OC(C)C2)c(=O)c1C. The van der Waals surface area contributed by atoms with Gasteiger partial charge in [0, 0.05) is 30.9 Å². The summed E-state index contributed by atoms with van der Waals surface area (Å²) in [5.74, 6) is 0. The van der Waals surface area contributed by atoms with Gasteiger partial charge in [-0.25, -0.2) is 4.98 Å². The van der Waals surface area contributed by atoms with E-state index in [0.717, 1.165) is 18.8 Å². The van der Waals surface area contributed by atoms with Gasteiger partial charge in [-0.15, -0.1) is 0 Å². The maximum atomic E-state index is 12.1. The van der Waals surface area contributed by atoms with Crippen molar-refractivity contribution < 1.29 is 9.84 Å². The van der Waals surface area contributed by atoms with Crippen molar-refractivity contribution in [3.05, 3.63) is 27.9 Å². The number of aliphatic hydroxyl groups is 1. The molecule has 0 spiro atoms. The summed E-state index contributed by atoms with van der Waals surface area (Å²) in [4.78, 5) is 18.5. The largest absolute Gasteiger partial charge is 0.390 e. The summed E-state index contributed by atoms with van der Waals surface area (Å²) in [7, 11) is 0. The number of hydrogen-bond donors (Lipinski definition) is 1. The first-order valence-electron chi connectivity index (χ1n) is 7.45. The summed E-state index contributed by atoms with van der Waals surface area (Å²) < 4.78 is 7.16. The molecular weight excluding hydrogens is 270 g/mol. The van der Waals surface area contributed by atoms with Crippen molar-refractivity contribution >= 4 is 0 Å². The van der Waals surface area contributed by atoms with Crippen LogP contribution in [0.3, 0.4) is 0 Å². The van der Waals surface area contributed by atoms with Crippen LogP contribution in [0.5, 0.6) is 0 Å². The van der Waals surface area contributed by atoms with E-state index < -0.39 is 6.10 Å². The molecule has 0 bridgehead atoms. The molecule has 1 saturated heterocycles. The zero-order valence-electron chi connectivity index (χ0n) is 13.2. The molecule has 1 aliphatic heterocycles. The molecule has 1 aromatic rings. The number of aryl methyl sites for hydroxylation is 1. The second-order valence-corrected chi connectivity index (χ2v) is 6.04. The van der Waals surface area contributed by atoms with Crippen molar-refractivity contribution in [1.29, 1.82) is 0 Å². The minimum atomic E-state index is -0.593. The van der Waals surface area contributed by atoms with Crippen LogP contribution in [0.4, 0.5) is 0 Å². The van der Waals surface area contributed by atoms with Crippen LogP contribution in [0.15, 0.2) is 11.1 Å². The zero-order chi connectivity index (χ0) is 15.6. The Labute approximate surface area is 125 Å². The van der Waals surface area contributed by atoms with E-state index in [2.05, 4.69) is 9.88 Å². The van der Waals surface area contributed by atoms with E-state index in [1.165, 1.54) is 10.9 Å². The molecule has 1 fully saturated rings. The zero-order valence-corrected chi connectivity index (χ0v) is 13.2. The summed E-state index contributed by atoms with van der Waals surface area (Å²) in [5, 5.41) is 10.2. The molecule has 0 aliphatic carbocycles. The Morgan fingerprint density at radius 1 is 1.33 bits per heavy atom. The maximum absolute atomic E-state index is 12.1. The first kappa shape index (κ1) is 16.1. The van der Waals surface area contributed by atoms with E-state index in [9.17, 15) is 9.90 Å². The molecule has 6 heteroatoms. The Morgan fingerprint density at radius 3 is 2.57 bits per heavy atom. The number of nitrogens with zero attached hydrogens (tertiary/aromatic N) is 3. The molecule has 118 valence electrons. The van der Waals surface area contributed by atoms with Gasteiger partial charge >= 0.3 is 0 Å². The normalized spacial score (nSPS) is 25.0. The van der Waals surface area contributed by atoms with Crippen LogP contribution in [0.2, 0.25) is 0 Å². The minimum absolute atomic E-state index is 0.0785. The van der Waals surface area contributed by atoms with Crippen molar-refractivity contribution in [2.24, 2.45) is 0 Å². The third-order valence-corrected chi connectivity index (χ3v) is 3.89. The molecule has 3 atom stereocenters. The fourth-order valence-corrected chi connectivity index (χ4v) is 2.82. The summed E-state index contributed by atoms with van der Waals surface area (Å²) in [6, 6.07) is 0. The molecule has 0 saturated carbocycles. The summed E-state index contributed by atoms with van der Waals surface area (Å²) in [5.41, 5.74) is 1.30. The van der Waals surface area contributed by atoms with Crippen LogP contribution in [-0.2, 0) is 11.3 Å². The maximum Gasteiger partial charge on any atom is 0.256 e. The van der Waals surface area contributed by atoms with Gasteiger partial charge in [-0.2, -0.15) is 0 Å². The Bertz CT molecular complexity index is 533. The standard InChI is InChI=1S/C15H25N3O3/c1-10-5-17(6-11(2)21-10)7-14(19)8-18-9-16-13(4)12(3)15(18)20/h9-11,14,19H,5-8H2,1-4H3. The van der Waals surface area contributed by atoms with Gasteiger partial charge in [-0.3, -0.25) is 14.3 Å². The van der Waals surface area contributed by atoms with E-state index in [-0.39, 0.29) is 24.3 Å². The summed E-state index contributed by atoms with van der Waals surface area (Å²) >= 11 is 0. The number of β-amino-alcohol motifs (C(OH)–C–C–N with tert-alkyl or cyclic N) is 1. The molecule has 2 heterocycles. The lowest BCUT2D eigenvalue weighted by atomic mass is 10.2. The third-order valence-electron chi connectivity index (χ3n) is 3.89. The number of ether oxygens (including phenoxy) is 1.